The highest BCUT2D eigenvalue weighted by Gasteiger charge is 2.18. The van der Waals surface area contributed by atoms with E-state index in [-0.39, 0.29) is 5.91 Å². The van der Waals surface area contributed by atoms with Crippen LogP contribution in [0.25, 0.3) is 0 Å². The Kier molecular flexibility index (Phi) is 8.08. The van der Waals surface area contributed by atoms with Crippen molar-refractivity contribution in [2.45, 2.75) is 12.3 Å². The zero-order valence-corrected chi connectivity index (χ0v) is 12.2. The van der Waals surface area contributed by atoms with Crippen LogP contribution in [-0.2, 0) is 14.3 Å². The van der Waals surface area contributed by atoms with Crippen molar-refractivity contribution in [1.82, 2.24) is 10.6 Å². The highest BCUT2D eigenvalue weighted by molar-refractivity contribution is 5.77. The Morgan fingerprint density at radius 1 is 1.24 bits per heavy atom. The maximum absolute atomic E-state index is 11.4. The third kappa shape index (κ3) is 6.87. The van der Waals surface area contributed by atoms with Crippen LogP contribution in [0.1, 0.15) is 17.9 Å². The summed E-state index contributed by atoms with van der Waals surface area (Å²) in [5, 5.41) is 15.0. The fourth-order valence-corrected chi connectivity index (χ4v) is 1.86. The van der Waals surface area contributed by atoms with Crippen LogP contribution in [0.15, 0.2) is 30.3 Å². The molecule has 0 saturated carbocycles. The van der Waals surface area contributed by atoms with Crippen LogP contribution in [0.5, 0.6) is 0 Å². The van der Waals surface area contributed by atoms with Gasteiger partial charge in [0.05, 0.1) is 12.5 Å². The van der Waals surface area contributed by atoms with E-state index in [1.165, 1.54) is 0 Å². The number of amides is 1. The summed E-state index contributed by atoms with van der Waals surface area (Å²) in [6, 6.07) is 9.05. The predicted octanol–water partition coefficient (Wildman–Crippen LogP) is 0.597. The number of ether oxygens (including phenoxy) is 1. The smallest absolute Gasteiger partial charge is 0.312 e. The summed E-state index contributed by atoms with van der Waals surface area (Å²) < 4.78 is 4.83. The number of rotatable bonds is 10. The molecule has 0 aliphatic carbocycles. The molecule has 3 N–H and O–H groups in total. The minimum atomic E-state index is -0.877. The first-order valence-corrected chi connectivity index (χ1v) is 6.89. The molecule has 0 aliphatic rings. The fourth-order valence-electron chi connectivity index (χ4n) is 1.86. The highest BCUT2D eigenvalue weighted by atomic mass is 16.5. The van der Waals surface area contributed by atoms with Crippen molar-refractivity contribution in [2.75, 3.05) is 33.4 Å². The first-order chi connectivity index (χ1) is 10.1. The van der Waals surface area contributed by atoms with Crippen LogP contribution in [0.3, 0.4) is 0 Å². The minimum Gasteiger partial charge on any atom is -0.481 e. The second kappa shape index (κ2) is 9.90. The van der Waals surface area contributed by atoms with Gasteiger partial charge in [-0.1, -0.05) is 30.3 Å². The minimum absolute atomic E-state index is 0.0777. The molecule has 0 heterocycles. The lowest BCUT2D eigenvalue weighted by Crippen LogP contribution is -2.32. The van der Waals surface area contributed by atoms with Gasteiger partial charge in [-0.2, -0.15) is 0 Å². The molecule has 1 unspecified atom stereocenters. The van der Waals surface area contributed by atoms with Crippen LogP contribution in [0, 0.1) is 0 Å². The van der Waals surface area contributed by atoms with Crippen molar-refractivity contribution in [2.24, 2.45) is 0 Å². The largest absolute Gasteiger partial charge is 0.481 e. The topological polar surface area (TPSA) is 87.7 Å². The van der Waals surface area contributed by atoms with E-state index in [2.05, 4.69) is 10.6 Å². The average molecular weight is 294 g/mol. The second-order valence-electron chi connectivity index (χ2n) is 4.60. The van der Waals surface area contributed by atoms with E-state index in [9.17, 15) is 14.7 Å². The lowest BCUT2D eigenvalue weighted by Gasteiger charge is -2.13. The van der Waals surface area contributed by atoms with Gasteiger partial charge in [0.1, 0.15) is 0 Å². The molecular formula is C15H22N2O4. The maximum atomic E-state index is 11.4. The van der Waals surface area contributed by atoms with E-state index in [0.29, 0.717) is 32.7 Å². The van der Waals surface area contributed by atoms with E-state index >= 15 is 0 Å². The number of carbonyl (C=O) groups is 2. The van der Waals surface area contributed by atoms with E-state index in [4.69, 9.17) is 4.74 Å². The molecule has 1 atom stereocenters. The number of hydrogen-bond donors (Lipinski definition) is 3. The Labute approximate surface area is 124 Å². The lowest BCUT2D eigenvalue weighted by atomic mass is 9.99. The Hall–Kier alpha value is -1.92. The number of methoxy groups -OCH3 is 1. The van der Waals surface area contributed by atoms with E-state index in [1.807, 2.05) is 18.2 Å². The summed E-state index contributed by atoms with van der Waals surface area (Å²) in [6.45, 7) is 1.70. The maximum Gasteiger partial charge on any atom is 0.312 e. The Morgan fingerprint density at radius 2 is 1.95 bits per heavy atom. The molecular weight excluding hydrogens is 272 g/mol. The summed E-state index contributed by atoms with van der Waals surface area (Å²) in [7, 11) is 1.57. The zero-order chi connectivity index (χ0) is 15.5. The molecule has 0 fully saturated rings. The quantitative estimate of drug-likeness (QED) is 0.550. The number of carbonyl (C=O) groups excluding carboxylic acids is 1. The summed E-state index contributed by atoms with van der Waals surface area (Å²) >= 11 is 0. The van der Waals surface area contributed by atoms with Crippen LogP contribution in [0.4, 0.5) is 0 Å². The third-order valence-electron chi connectivity index (χ3n) is 3.01. The van der Waals surface area contributed by atoms with Crippen LogP contribution in [0.2, 0.25) is 0 Å². The summed E-state index contributed by atoms with van der Waals surface area (Å²) in [5.41, 5.74) is 0.752. The molecule has 116 valence electrons. The average Bonchev–Trinajstić information content (AvgIpc) is 2.48. The monoisotopic (exact) mass is 294 g/mol. The molecule has 0 radical (unpaired) electrons. The number of carboxylic acids is 1. The van der Waals surface area contributed by atoms with Gasteiger partial charge in [0.2, 0.25) is 5.91 Å². The lowest BCUT2D eigenvalue weighted by molar-refractivity contribution is -0.138. The molecule has 6 heteroatoms. The molecule has 1 aromatic rings. The molecule has 0 saturated heterocycles. The summed E-state index contributed by atoms with van der Waals surface area (Å²) in [6.07, 6.45) is 0.310. The first kappa shape index (κ1) is 17.1. The molecule has 0 bridgehead atoms. The highest BCUT2D eigenvalue weighted by Crippen LogP contribution is 2.14. The Balaban J connectivity index is 2.29. The molecule has 1 amide bonds. The number of nitrogens with one attached hydrogen (secondary N) is 2. The molecule has 0 spiro atoms. The molecule has 1 aromatic carbocycles. The Morgan fingerprint density at radius 3 is 2.57 bits per heavy atom. The molecule has 6 nitrogen and oxygen atoms in total. The van der Waals surface area contributed by atoms with Gasteiger partial charge in [-0.25, -0.2) is 0 Å². The summed E-state index contributed by atoms with van der Waals surface area (Å²) in [5.74, 6) is -1.56. The summed E-state index contributed by atoms with van der Waals surface area (Å²) in [4.78, 5) is 22.7. The SMILES string of the molecule is COCCNC(=O)CCNCC(C(=O)O)c1ccccc1. The van der Waals surface area contributed by atoms with Crippen molar-refractivity contribution < 1.29 is 19.4 Å². The van der Waals surface area contributed by atoms with E-state index < -0.39 is 11.9 Å². The second-order valence-corrected chi connectivity index (χ2v) is 4.60. The number of aliphatic carboxylic acids is 1. The van der Waals surface area contributed by atoms with Crippen molar-refractivity contribution in [1.29, 1.82) is 0 Å². The van der Waals surface area contributed by atoms with Gasteiger partial charge in [-0.15, -0.1) is 0 Å². The molecule has 0 aliphatic heterocycles. The van der Waals surface area contributed by atoms with E-state index in [1.54, 1.807) is 19.2 Å². The van der Waals surface area contributed by atoms with Crippen molar-refractivity contribution in [3.8, 4) is 0 Å². The van der Waals surface area contributed by atoms with Gasteiger partial charge in [0.25, 0.3) is 0 Å². The van der Waals surface area contributed by atoms with Crippen LogP contribution >= 0.6 is 0 Å². The normalized spacial score (nSPS) is 11.9. The van der Waals surface area contributed by atoms with Gasteiger partial charge in [-0.3, -0.25) is 9.59 Å². The van der Waals surface area contributed by atoms with Crippen LogP contribution < -0.4 is 10.6 Å². The fraction of sp³-hybridized carbons (Fsp3) is 0.467. The van der Waals surface area contributed by atoms with Gasteiger partial charge in [0.15, 0.2) is 0 Å². The number of carboxylic acid groups (broad SMARTS) is 1. The van der Waals surface area contributed by atoms with Crippen LogP contribution in [-0.4, -0.2) is 50.3 Å². The zero-order valence-electron chi connectivity index (χ0n) is 12.2. The van der Waals surface area contributed by atoms with Gasteiger partial charge < -0.3 is 20.5 Å². The number of benzene rings is 1. The molecule has 1 rings (SSSR count). The molecule has 21 heavy (non-hydrogen) atoms. The van der Waals surface area contributed by atoms with Crippen molar-refractivity contribution >= 4 is 11.9 Å². The Bertz CT molecular complexity index is 437. The standard InChI is InChI=1S/C15H22N2O4/c1-21-10-9-17-14(18)7-8-16-11-13(15(19)20)12-5-3-2-4-6-12/h2-6,13,16H,7-11H2,1H3,(H,17,18)(H,19,20). The number of hydrogen-bond acceptors (Lipinski definition) is 4. The van der Waals surface area contributed by atoms with Gasteiger partial charge in [-0.05, 0) is 5.56 Å². The third-order valence-corrected chi connectivity index (χ3v) is 3.01. The molecule has 0 aromatic heterocycles. The van der Waals surface area contributed by atoms with Gasteiger partial charge >= 0.3 is 5.97 Å². The van der Waals surface area contributed by atoms with E-state index in [0.717, 1.165) is 5.56 Å². The van der Waals surface area contributed by atoms with Crippen molar-refractivity contribution in [3.05, 3.63) is 35.9 Å². The van der Waals surface area contributed by atoms with Crippen molar-refractivity contribution in [3.63, 3.8) is 0 Å². The van der Waals surface area contributed by atoms with Gasteiger partial charge in [0, 0.05) is 33.2 Å². The predicted molar refractivity (Wildman–Crippen MR) is 79.2 cm³/mol. The first-order valence-electron chi connectivity index (χ1n) is 6.89.